The van der Waals surface area contributed by atoms with Crippen LogP contribution in [0.1, 0.15) is 37.8 Å². The number of piperidine rings is 1. The predicted molar refractivity (Wildman–Crippen MR) is 77.3 cm³/mol. The van der Waals surface area contributed by atoms with E-state index in [1.54, 1.807) is 0 Å². The molecule has 1 aliphatic carbocycles. The van der Waals surface area contributed by atoms with E-state index in [0.29, 0.717) is 18.1 Å². The molecule has 0 atom stereocenters. The second kappa shape index (κ2) is 4.75. The maximum atomic E-state index is 12.5. The van der Waals surface area contributed by atoms with Crippen LogP contribution < -0.4 is 0 Å². The van der Waals surface area contributed by atoms with Crippen LogP contribution in [0.2, 0.25) is 0 Å². The van der Waals surface area contributed by atoms with E-state index in [-0.39, 0.29) is 5.41 Å². The van der Waals surface area contributed by atoms with Crippen LogP contribution in [-0.4, -0.2) is 30.3 Å². The number of fused-ring (bicyclic) bond motifs is 2. The lowest BCUT2D eigenvalue weighted by molar-refractivity contribution is -0.124. The highest BCUT2D eigenvalue weighted by Crippen LogP contribution is 2.43. The Balaban J connectivity index is 1.81. The van der Waals surface area contributed by atoms with E-state index in [4.69, 9.17) is 0 Å². The summed E-state index contributed by atoms with van der Waals surface area (Å²) in [7, 11) is 0. The van der Waals surface area contributed by atoms with Gasteiger partial charge in [-0.05, 0) is 43.0 Å². The Morgan fingerprint density at radius 1 is 1.21 bits per heavy atom. The molecule has 1 fully saturated rings. The van der Waals surface area contributed by atoms with Crippen LogP contribution in [0.3, 0.4) is 0 Å². The smallest absolute Gasteiger partial charge is 0.147 e. The fourth-order valence-electron chi connectivity index (χ4n) is 3.82. The number of rotatable bonds is 2. The average Bonchev–Trinajstić information content (AvgIpc) is 2.65. The highest BCUT2D eigenvalue weighted by atomic mass is 16.1. The van der Waals surface area contributed by atoms with Gasteiger partial charge in [-0.25, -0.2) is 0 Å². The van der Waals surface area contributed by atoms with Crippen molar-refractivity contribution >= 4 is 5.78 Å². The summed E-state index contributed by atoms with van der Waals surface area (Å²) in [6.07, 6.45) is 2.67. The van der Waals surface area contributed by atoms with E-state index in [2.05, 4.69) is 43.0 Å². The third-order valence-electron chi connectivity index (χ3n) is 4.75. The number of ketones is 1. The molecular formula is C17H23NO. The van der Waals surface area contributed by atoms with Gasteiger partial charge in [0.05, 0.1) is 5.41 Å². The molecular weight excluding hydrogens is 234 g/mol. The van der Waals surface area contributed by atoms with E-state index < -0.39 is 0 Å². The van der Waals surface area contributed by atoms with Crippen LogP contribution in [0.4, 0.5) is 0 Å². The van der Waals surface area contributed by atoms with Crippen LogP contribution >= 0.6 is 0 Å². The number of carbonyl (C=O) groups is 1. The molecule has 19 heavy (non-hydrogen) atoms. The molecule has 1 heterocycles. The summed E-state index contributed by atoms with van der Waals surface area (Å²) in [5, 5.41) is 0. The monoisotopic (exact) mass is 257 g/mol. The van der Waals surface area contributed by atoms with Gasteiger partial charge in [0.15, 0.2) is 0 Å². The fraction of sp³-hybridized carbons (Fsp3) is 0.588. The Bertz CT molecular complexity index is 484. The molecule has 0 aromatic heterocycles. The zero-order chi connectivity index (χ0) is 13.5. The van der Waals surface area contributed by atoms with Crippen molar-refractivity contribution in [3.05, 3.63) is 35.4 Å². The minimum Gasteiger partial charge on any atom is -0.303 e. The Kier molecular flexibility index (Phi) is 3.22. The van der Waals surface area contributed by atoms with Crippen molar-refractivity contribution < 1.29 is 4.79 Å². The van der Waals surface area contributed by atoms with Crippen molar-refractivity contribution in [2.75, 3.05) is 19.6 Å². The summed E-state index contributed by atoms with van der Waals surface area (Å²) in [4.78, 5) is 15.0. The summed E-state index contributed by atoms with van der Waals surface area (Å²) in [6.45, 7) is 7.82. The first-order chi connectivity index (χ1) is 9.12. The van der Waals surface area contributed by atoms with Gasteiger partial charge in [0.2, 0.25) is 0 Å². The van der Waals surface area contributed by atoms with Gasteiger partial charge in [0.1, 0.15) is 5.78 Å². The molecule has 2 heteroatoms. The number of likely N-dealkylation sites (tertiary alicyclic amines) is 1. The maximum absolute atomic E-state index is 12.5. The van der Waals surface area contributed by atoms with Crippen molar-refractivity contribution in [2.24, 2.45) is 5.92 Å². The molecule has 3 rings (SSSR count). The first-order valence-corrected chi connectivity index (χ1v) is 7.46. The van der Waals surface area contributed by atoms with Crippen LogP contribution in [0.5, 0.6) is 0 Å². The Morgan fingerprint density at radius 3 is 2.58 bits per heavy atom. The van der Waals surface area contributed by atoms with Crippen LogP contribution in [0.15, 0.2) is 24.3 Å². The summed E-state index contributed by atoms with van der Waals surface area (Å²) < 4.78 is 0. The maximum Gasteiger partial charge on any atom is 0.147 e. The molecule has 1 aromatic carbocycles. The van der Waals surface area contributed by atoms with Crippen molar-refractivity contribution in [1.29, 1.82) is 0 Å². The normalized spacial score (nSPS) is 22.2. The molecule has 102 valence electrons. The molecule has 0 bridgehead atoms. The van der Waals surface area contributed by atoms with Crippen molar-refractivity contribution in [2.45, 2.75) is 38.5 Å². The number of benzene rings is 1. The molecule has 2 nitrogen and oxygen atoms in total. The second-order valence-electron chi connectivity index (χ2n) is 6.53. The summed E-state index contributed by atoms with van der Waals surface area (Å²) in [6, 6.07) is 8.44. The first-order valence-electron chi connectivity index (χ1n) is 7.46. The van der Waals surface area contributed by atoms with Crippen LogP contribution in [0.25, 0.3) is 0 Å². The van der Waals surface area contributed by atoms with E-state index in [1.807, 2.05) is 0 Å². The van der Waals surface area contributed by atoms with E-state index in [0.717, 1.165) is 32.5 Å². The second-order valence-corrected chi connectivity index (χ2v) is 6.53. The minimum absolute atomic E-state index is 0.149. The molecule has 0 saturated carbocycles. The SMILES string of the molecule is CC(C)CN1CCC2(CC1)C(=O)Cc1ccccc12. The molecule has 1 saturated heterocycles. The third kappa shape index (κ3) is 2.12. The summed E-state index contributed by atoms with van der Waals surface area (Å²) in [5.74, 6) is 1.17. The molecule has 0 radical (unpaired) electrons. The van der Waals surface area contributed by atoms with Gasteiger partial charge >= 0.3 is 0 Å². The zero-order valence-electron chi connectivity index (χ0n) is 12.0. The molecule has 1 spiro atoms. The Morgan fingerprint density at radius 2 is 1.89 bits per heavy atom. The molecule has 1 aliphatic heterocycles. The van der Waals surface area contributed by atoms with Crippen LogP contribution in [0, 0.1) is 5.92 Å². The van der Waals surface area contributed by atoms with Crippen molar-refractivity contribution in [1.82, 2.24) is 4.90 Å². The lowest BCUT2D eigenvalue weighted by Gasteiger charge is -2.39. The topological polar surface area (TPSA) is 20.3 Å². The first kappa shape index (κ1) is 12.9. The van der Waals surface area contributed by atoms with Gasteiger partial charge in [0, 0.05) is 13.0 Å². The Labute approximate surface area is 115 Å². The predicted octanol–water partition coefficient (Wildman–Crippen LogP) is 2.80. The van der Waals surface area contributed by atoms with Crippen molar-refractivity contribution in [3.8, 4) is 0 Å². The largest absolute Gasteiger partial charge is 0.303 e. The summed E-state index contributed by atoms with van der Waals surface area (Å²) in [5.41, 5.74) is 2.44. The van der Waals surface area contributed by atoms with Gasteiger partial charge in [-0.1, -0.05) is 38.1 Å². The fourth-order valence-corrected chi connectivity index (χ4v) is 3.82. The minimum atomic E-state index is -0.149. The average molecular weight is 257 g/mol. The number of nitrogens with zero attached hydrogens (tertiary/aromatic N) is 1. The molecule has 1 aromatic rings. The third-order valence-corrected chi connectivity index (χ3v) is 4.75. The number of hydrogen-bond donors (Lipinski definition) is 0. The number of hydrogen-bond acceptors (Lipinski definition) is 2. The standard InChI is InChI=1S/C17H23NO/c1-13(2)12-18-9-7-17(8-10-18)15-6-4-3-5-14(15)11-16(17)19/h3-6,13H,7-12H2,1-2H3. The van der Waals surface area contributed by atoms with E-state index in [9.17, 15) is 4.79 Å². The van der Waals surface area contributed by atoms with Crippen molar-refractivity contribution in [3.63, 3.8) is 0 Å². The molecule has 0 N–H and O–H groups in total. The van der Waals surface area contributed by atoms with Crippen LogP contribution in [-0.2, 0) is 16.6 Å². The van der Waals surface area contributed by atoms with E-state index >= 15 is 0 Å². The Hall–Kier alpha value is -1.15. The number of Topliss-reactive ketones (excluding diaryl/α,β-unsaturated/α-hetero) is 1. The molecule has 2 aliphatic rings. The highest BCUT2D eigenvalue weighted by Gasteiger charge is 2.47. The lowest BCUT2D eigenvalue weighted by Crippen LogP contribution is -2.46. The van der Waals surface area contributed by atoms with Gasteiger partial charge in [0.25, 0.3) is 0 Å². The molecule has 0 unspecified atom stereocenters. The zero-order valence-corrected chi connectivity index (χ0v) is 12.0. The molecule has 0 amide bonds. The van der Waals surface area contributed by atoms with Gasteiger partial charge < -0.3 is 4.90 Å². The van der Waals surface area contributed by atoms with Gasteiger partial charge in [-0.2, -0.15) is 0 Å². The van der Waals surface area contributed by atoms with E-state index in [1.165, 1.54) is 11.1 Å². The summed E-state index contributed by atoms with van der Waals surface area (Å²) >= 11 is 0. The lowest BCUT2D eigenvalue weighted by atomic mass is 9.73. The highest BCUT2D eigenvalue weighted by molar-refractivity contribution is 5.96. The van der Waals surface area contributed by atoms with Gasteiger partial charge in [-0.15, -0.1) is 0 Å². The van der Waals surface area contributed by atoms with Gasteiger partial charge in [-0.3, -0.25) is 4.79 Å². The number of carbonyl (C=O) groups excluding carboxylic acids is 1. The quantitative estimate of drug-likeness (QED) is 0.812.